The maximum Gasteiger partial charge on any atom is 0.269 e. The zero-order valence-corrected chi connectivity index (χ0v) is 13.4. The molecule has 3 N–H and O–H groups in total. The van der Waals surface area contributed by atoms with Gasteiger partial charge in [0.2, 0.25) is 0 Å². The molecule has 2 aliphatic heterocycles. The molecule has 0 bridgehead atoms. The Morgan fingerprint density at radius 3 is 2.60 bits per heavy atom. The third-order valence-electron chi connectivity index (χ3n) is 4.29. The van der Waals surface area contributed by atoms with E-state index in [9.17, 15) is 10.1 Å². The molecule has 2 aromatic rings. The first kappa shape index (κ1) is 15.2. The molecule has 0 saturated heterocycles. The first-order chi connectivity index (χ1) is 12.2. The van der Waals surface area contributed by atoms with Gasteiger partial charge in [0.1, 0.15) is 5.82 Å². The minimum atomic E-state index is -0.390. The smallest absolute Gasteiger partial charge is 0.269 e. The maximum atomic E-state index is 10.9. The van der Waals surface area contributed by atoms with Crippen molar-refractivity contribution >= 4 is 22.8 Å². The van der Waals surface area contributed by atoms with Gasteiger partial charge in [-0.15, -0.1) is 0 Å². The van der Waals surface area contributed by atoms with Crippen molar-refractivity contribution in [2.24, 2.45) is 5.73 Å². The number of anilines is 2. The average molecular weight is 335 g/mol. The number of hydrogen-bond donors (Lipinski definition) is 2. The number of nitrogens with one attached hydrogen (secondary N) is 1. The molecule has 7 nitrogen and oxygen atoms in total. The van der Waals surface area contributed by atoms with E-state index in [1.54, 1.807) is 12.1 Å². The Bertz CT molecular complexity index is 889. The molecular weight excluding hydrogens is 318 g/mol. The van der Waals surface area contributed by atoms with E-state index in [1.165, 1.54) is 12.1 Å². The Hall–Kier alpha value is -3.32. The van der Waals surface area contributed by atoms with Gasteiger partial charge in [-0.2, -0.15) is 0 Å². The Kier molecular flexibility index (Phi) is 3.62. The number of non-ortho nitro benzene ring substituents is 1. The van der Waals surface area contributed by atoms with E-state index in [0.717, 1.165) is 28.5 Å². The summed E-state index contributed by atoms with van der Waals surface area (Å²) < 4.78 is 0. The fraction of sp³-hybridized carbons (Fsp3) is 0.111. The van der Waals surface area contributed by atoms with Crippen LogP contribution in [0.4, 0.5) is 17.1 Å². The summed E-state index contributed by atoms with van der Waals surface area (Å²) in [7, 11) is 0. The Morgan fingerprint density at radius 2 is 1.88 bits per heavy atom. The summed E-state index contributed by atoms with van der Waals surface area (Å²) in [6.07, 6.45) is 3.98. The lowest BCUT2D eigenvalue weighted by atomic mass is 10.1. The molecule has 0 atom stereocenters. The van der Waals surface area contributed by atoms with E-state index in [-0.39, 0.29) is 10.6 Å². The van der Waals surface area contributed by atoms with Gasteiger partial charge in [-0.3, -0.25) is 15.0 Å². The van der Waals surface area contributed by atoms with Crippen LogP contribution in [-0.4, -0.2) is 22.9 Å². The van der Waals surface area contributed by atoms with Gasteiger partial charge >= 0.3 is 0 Å². The number of nitro groups is 1. The molecule has 0 radical (unpaired) electrons. The largest absolute Gasteiger partial charge is 0.357 e. The first-order valence-electron chi connectivity index (χ1n) is 7.98. The second kappa shape index (κ2) is 5.95. The second-order valence-corrected chi connectivity index (χ2v) is 5.80. The number of benzene rings is 2. The number of rotatable bonds is 4. The summed E-state index contributed by atoms with van der Waals surface area (Å²) in [6.45, 7) is 1.21. The number of nitrogens with two attached hydrogens (primary N) is 1. The van der Waals surface area contributed by atoms with E-state index >= 15 is 0 Å². The lowest BCUT2D eigenvalue weighted by molar-refractivity contribution is -0.384. The summed E-state index contributed by atoms with van der Waals surface area (Å²) in [6, 6.07) is 14.6. The second-order valence-electron chi connectivity index (χ2n) is 5.80. The highest BCUT2D eigenvalue weighted by molar-refractivity contribution is 5.92. The van der Waals surface area contributed by atoms with Crippen molar-refractivity contribution in [3.05, 3.63) is 82.4 Å². The third kappa shape index (κ3) is 2.50. The van der Waals surface area contributed by atoms with Gasteiger partial charge in [-0.25, -0.2) is 0 Å². The van der Waals surface area contributed by atoms with Gasteiger partial charge in [-0.05, 0) is 24.3 Å². The van der Waals surface area contributed by atoms with Crippen molar-refractivity contribution in [3.8, 4) is 0 Å². The van der Waals surface area contributed by atoms with Crippen molar-refractivity contribution in [3.63, 3.8) is 0 Å². The minimum absolute atomic E-state index is 0.0811. The summed E-state index contributed by atoms with van der Waals surface area (Å²) in [5, 5.41) is 14.2. The zero-order chi connectivity index (χ0) is 17.4. The van der Waals surface area contributed by atoms with Crippen LogP contribution in [-0.2, 0) is 0 Å². The quantitative estimate of drug-likeness (QED) is 0.660. The lowest BCUT2D eigenvalue weighted by Gasteiger charge is -2.32. The highest BCUT2D eigenvalue weighted by Crippen LogP contribution is 2.43. The number of hydrogen-bond acceptors (Lipinski definition) is 6. The number of nitro benzene ring substituents is 1. The van der Waals surface area contributed by atoms with Gasteiger partial charge in [-0.1, -0.05) is 12.1 Å². The molecule has 0 aromatic heterocycles. The van der Waals surface area contributed by atoms with Gasteiger partial charge < -0.3 is 16.0 Å². The predicted octanol–water partition coefficient (Wildman–Crippen LogP) is 2.90. The molecule has 0 aliphatic carbocycles. The molecule has 0 fully saturated rings. The van der Waals surface area contributed by atoms with Crippen LogP contribution in [0.1, 0.15) is 5.56 Å². The average Bonchev–Trinajstić information content (AvgIpc) is 3.01. The topological polar surface area (TPSA) is 87.7 Å². The van der Waals surface area contributed by atoms with E-state index < -0.39 is 0 Å². The Morgan fingerprint density at radius 1 is 1.12 bits per heavy atom. The van der Waals surface area contributed by atoms with Crippen LogP contribution in [0, 0.1) is 10.1 Å². The third-order valence-corrected chi connectivity index (χ3v) is 4.29. The number of fused-ring (bicyclic) bond motifs is 3. The van der Waals surface area contributed by atoms with E-state index in [0.29, 0.717) is 13.1 Å². The SMILES string of the molecule is NCCN1C=C(c2ccc([N+](=O)[O-])cc2)N2C1=CNc1ccccc12. The van der Waals surface area contributed by atoms with E-state index in [4.69, 9.17) is 5.73 Å². The minimum Gasteiger partial charge on any atom is -0.357 e. The molecule has 25 heavy (non-hydrogen) atoms. The van der Waals surface area contributed by atoms with Crippen LogP contribution >= 0.6 is 0 Å². The standard InChI is InChI=1S/C18H17N5O2/c19-9-10-21-12-17(13-5-7-14(8-6-13)23(24)25)22-16-4-2-1-3-15(16)20-11-18(21)22/h1-8,11-12,20H,9-10,19H2. The molecule has 2 heterocycles. The summed E-state index contributed by atoms with van der Waals surface area (Å²) >= 11 is 0. The van der Waals surface area contributed by atoms with Crippen molar-refractivity contribution in [1.82, 2.24) is 4.90 Å². The highest BCUT2D eigenvalue weighted by Gasteiger charge is 2.32. The molecule has 0 amide bonds. The van der Waals surface area contributed by atoms with Gasteiger partial charge in [0.05, 0.1) is 22.0 Å². The molecule has 0 saturated carbocycles. The molecule has 2 aromatic carbocycles. The number of nitrogens with zero attached hydrogens (tertiary/aromatic N) is 3. The molecule has 126 valence electrons. The maximum absolute atomic E-state index is 10.9. The van der Waals surface area contributed by atoms with E-state index in [1.807, 2.05) is 36.7 Å². The van der Waals surface area contributed by atoms with Crippen LogP contribution in [0.15, 0.2) is 66.8 Å². The van der Waals surface area contributed by atoms with Crippen LogP contribution in [0.2, 0.25) is 0 Å². The lowest BCUT2D eigenvalue weighted by Crippen LogP contribution is -2.31. The molecule has 2 aliphatic rings. The van der Waals surface area contributed by atoms with Gasteiger partial charge in [0.15, 0.2) is 0 Å². The molecule has 0 spiro atoms. The van der Waals surface area contributed by atoms with E-state index in [2.05, 4.69) is 15.1 Å². The van der Waals surface area contributed by atoms with Crippen LogP contribution < -0.4 is 16.0 Å². The first-order valence-corrected chi connectivity index (χ1v) is 7.98. The van der Waals surface area contributed by atoms with Crippen LogP contribution in [0.25, 0.3) is 5.70 Å². The highest BCUT2D eigenvalue weighted by atomic mass is 16.6. The summed E-state index contributed by atoms with van der Waals surface area (Å²) in [5.74, 6) is 0.984. The monoisotopic (exact) mass is 335 g/mol. The number of para-hydroxylation sites is 2. The van der Waals surface area contributed by atoms with Crippen molar-refractivity contribution in [1.29, 1.82) is 0 Å². The summed E-state index contributed by atoms with van der Waals surface area (Å²) in [5.41, 5.74) is 9.74. The fourth-order valence-corrected chi connectivity index (χ4v) is 3.13. The van der Waals surface area contributed by atoms with Gasteiger partial charge in [0, 0.05) is 43.2 Å². The van der Waals surface area contributed by atoms with Crippen LogP contribution in [0.5, 0.6) is 0 Å². The van der Waals surface area contributed by atoms with Crippen LogP contribution in [0.3, 0.4) is 0 Å². The van der Waals surface area contributed by atoms with Gasteiger partial charge in [0.25, 0.3) is 5.69 Å². The normalized spacial score (nSPS) is 15.1. The molecule has 0 unspecified atom stereocenters. The summed E-state index contributed by atoms with van der Waals surface area (Å²) in [4.78, 5) is 14.7. The zero-order valence-electron chi connectivity index (χ0n) is 13.4. The fourth-order valence-electron chi connectivity index (χ4n) is 3.13. The van der Waals surface area contributed by atoms with Crippen molar-refractivity contribution in [2.75, 3.05) is 23.3 Å². The Labute approximate surface area is 144 Å². The molecular formula is C18H17N5O2. The molecule has 7 heteroatoms. The Balaban J connectivity index is 1.79. The predicted molar refractivity (Wildman–Crippen MR) is 97.5 cm³/mol. The van der Waals surface area contributed by atoms with Crippen molar-refractivity contribution < 1.29 is 4.92 Å². The molecule has 4 rings (SSSR count). The van der Waals surface area contributed by atoms with Crippen molar-refractivity contribution in [2.45, 2.75) is 0 Å².